The van der Waals surface area contributed by atoms with Gasteiger partial charge in [0.15, 0.2) is 0 Å². The second-order valence-electron chi connectivity index (χ2n) is 8.01. The van der Waals surface area contributed by atoms with Crippen molar-refractivity contribution in [1.82, 2.24) is 15.5 Å². The van der Waals surface area contributed by atoms with E-state index in [0.29, 0.717) is 0 Å². The van der Waals surface area contributed by atoms with Crippen LogP contribution in [0.2, 0.25) is 5.02 Å². The lowest BCUT2D eigenvalue weighted by Crippen LogP contribution is -2.58. The van der Waals surface area contributed by atoms with Crippen molar-refractivity contribution in [1.29, 1.82) is 0 Å². The van der Waals surface area contributed by atoms with Crippen LogP contribution in [-0.2, 0) is 4.79 Å². The predicted octanol–water partition coefficient (Wildman–Crippen LogP) is 4.56. The summed E-state index contributed by atoms with van der Waals surface area (Å²) in [7, 11) is 0. The summed E-state index contributed by atoms with van der Waals surface area (Å²) in [6, 6.07) is -0.332. The molecule has 2 aliphatic rings. The molecule has 172 valence electrons. The van der Waals surface area contributed by atoms with Crippen LogP contribution in [0.3, 0.4) is 0 Å². The van der Waals surface area contributed by atoms with Gasteiger partial charge in [0.1, 0.15) is 22.7 Å². The molecule has 1 aliphatic carbocycles. The van der Waals surface area contributed by atoms with E-state index in [-0.39, 0.29) is 50.2 Å². The van der Waals surface area contributed by atoms with Crippen molar-refractivity contribution in [2.45, 2.75) is 50.9 Å². The normalized spacial score (nSPS) is 25.7. The van der Waals surface area contributed by atoms with E-state index >= 15 is 0 Å². The maximum Gasteiger partial charge on any atom is 0.391 e. The van der Waals surface area contributed by atoms with Crippen molar-refractivity contribution in [3.8, 4) is 0 Å². The first kappa shape index (κ1) is 23.6. The first-order valence-electron chi connectivity index (χ1n) is 10.1. The minimum absolute atomic E-state index is 0.0932. The molecule has 31 heavy (non-hydrogen) atoms. The summed E-state index contributed by atoms with van der Waals surface area (Å²) in [4.78, 5) is 26.0. The van der Waals surface area contributed by atoms with E-state index in [9.17, 15) is 31.5 Å². The number of halogens is 6. The number of rotatable bonds is 3. The van der Waals surface area contributed by atoms with Gasteiger partial charge in [-0.1, -0.05) is 17.7 Å². The van der Waals surface area contributed by atoms with Gasteiger partial charge >= 0.3 is 12.2 Å². The molecule has 1 saturated heterocycles. The molecule has 1 saturated carbocycles. The van der Waals surface area contributed by atoms with Gasteiger partial charge in [0.05, 0.1) is 12.0 Å². The van der Waals surface area contributed by atoms with Crippen LogP contribution in [0.25, 0.3) is 0 Å². The van der Waals surface area contributed by atoms with Gasteiger partial charge in [0, 0.05) is 18.7 Å². The molecule has 1 heterocycles. The van der Waals surface area contributed by atoms with Crippen LogP contribution in [0.1, 0.15) is 44.2 Å². The van der Waals surface area contributed by atoms with Crippen LogP contribution >= 0.6 is 11.6 Å². The standard InChI is InChI=1S/C20H23ClF5N3O2/c1-10-18(30)27-8-9-29(10)19(31)28-17(13-6-7-14(22)15(21)16(13)23)11-2-4-12(5-3-11)20(24,25)26/h6-7,10-12,17H,2-5,8-9H2,1H3,(H,27,30)(H,28,31)/t10-,11?,12?,17+/m1/s1. The number of amides is 3. The Hall–Kier alpha value is -2.10. The number of carbonyl (C=O) groups excluding carboxylic acids is 2. The highest BCUT2D eigenvalue weighted by Crippen LogP contribution is 2.44. The van der Waals surface area contributed by atoms with Crippen LogP contribution < -0.4 is 10.6 Å². The summed E-state index contributed by atoms with van der Waals surface area (Å²) in [5.41, 5.74) is -0.0932. The van der Waals surface area contributed by atoms with E-state index in [1.54, 1.807) is 0 Å². The fraction of sp³-hybridized carbons (Fsp3) is 0.600. The van der Waals surface area contributed by atoms with E-state index in [2.05, 4.69) is 10.6 Å². The zero-order valence-electron chi connectivity index (χ0n) is 16.7. The lowest BCUT2D eigenvalue weighted by atomic mass is 9.76. The van der Waals surface area contributed by atoms with Crippen LogP contribution in [0, 0.1) is 23.5 Å². The number of nitrogens with one attached hydrogen (secondary N) is 2. The zero-order valence-corrected chi connectivity index (χ0v) is 17.5. The van der Waals surface area contributed by atoms with Crippen LogP contribution in [0.4, 0.5) is 26.7 Å². The Morgan fingerprint density at radius 2 is 1.87 bits per heavy atom. The number of alkyl halides is 3. The van der Waals surface area contributed by atoms with E-state index in [1.807, 2.05) is 0 Å². The van der Waals surface area contributed by atoms with Crippen molar-refractivity contribution < 1.29 is 31.5 Å². The molecule has 0 radical (unpaired) electrons. The zero-order chi connectivity index (χ0) is 22.9. The quantitative estimate of drug-likeness (QED) is 0.506. The fourth-order valence-electron chi connectivity index (χ4n) is 4.29. The summed E-state index contributed by atoms with van der Waals surface area (Å²) in [5.74, 6) is -4.34. The lowest BCUT2D eigenvalue weighted by molar-refractivity contribution is -0.184. The van der Waals surface area contributed by atoms with Gasteiger partial charge in [-0.15, -0.1) is 0 Å². The summed E-state index contributed by atoms with van der Waals surface area (Å²) < 4.78 is 67.6. The Kier molecular flexibility index (Phi) is 6.98. The highest BCUT2D eigenvalue weighted by Gasteiger charge is 2.43. The molecule has 3 rings (SSSR count). The molecule has 1 aromatic rings. The van der Waals surface area contributed by atoms with Crippen LogP contribution in [-0.4, -0.2) is 42.1 Å². The molecule has 2 fully saturated rings. The monoisotopic (exact) mass is 467 g/mol. The molecule has 2 N–H and O–H groups in total. The van der Waals surface area contributed by atoms with E-state index in [1.165, 1.54) is 11.8 Å². The van der Waals surface area contributed by atoms with Gasteiger partial charge in [0.25, 0.3) is 0 Å². The number of nitrogens with zero attached hydrogens (tertiary/aromatic N) is 1. The first-order chi connectivity index (χ1) is 14.5. The van der Waals surface area contributed by atoms with Gasteiger partial charge < -0.3 is 15.5 Å². The van der Waals surface area contributed by atoms with Crippen LogP contribution in [0.15, 0.2) is 12.1 Å². The van der Waals surface area contributed by atoms with Crippen molar-refractivity contribution in [3.05, 3.63) is 34.4 Å². The molecule has 3 amide bonds. The van der Waals surface area contributed by atoms with Crippen molar-refractivity contribution >= 4 is 23.5 Å². The smallest absolute Gasteiger partial charge is 0.353 e. The topological polar surface area (TPSA) is 61.4 Å². The summed E-state index contributed by atoms with van der Waals surface area (Å²) in [6.07, 6.45) is -4.43. The number of hydrogen-bond donors (Lipinski definition) is 2. The highest BCUT2D eigenvalue weighted by atomic mass is 35.5. The van der Waals surface area contributed by atoms with Crippen molar-refractivity contribution in [2.24, 2.45) is 11.8 Å². The third kappa shape index (κ3) is 5.05. The SMILES string of the molecule is C[C@@H]1C(=O)NCCN1C(=O)N[C@H](c1ccc(F)c(Cl)c1F)C1CCC(C(F)(F)F)CC1. The Morgan fingerprint density at radius 1 is 1.23 bits per heavy atom. The number of piperazine rings is 1. The van der Waals surface area contributed by atoms with Crippen molar-refractivity contribution in [2.75, 3.05) is 13.1 Å². The highest BCUT2D eigenvalue weighted by molar-refractivity contribution is 6.31. The Bertz CT molecular complexity index is 843. The minimum Gasteiger partial charge on any atom is -0.353 e. The Balaban J connectivity index is 1.86. The molecule has 1 aromatic carbocycles. The van der Waals surface area contributed by atoms with Crippen molar-refractivity contribution in [3.63, 3.8) is 0 Å². The molecular formula is C20H23ClF5N3O2. The summed E-state index contributed by atoms with van der Waals surface area (Å²) in [6.45, 7) is 2.00. The minimum atomic E-state index is -4.31. The number of urea groups is 1. The summed E-state index contributed by atoms with van der Waals surface area (Å²) >= 11 is 5.70. The van der Waals surface area contributed by atoms with Gasteiger partial charge in [-0.2, -0.15) is 13.2 Å². The second kappa shape index (κ2) is 9.18. The molecule has 0 bridgehead atoms. The lowest BCUT2D eigenvalue weighted by Gasteiger charge is -2.38. The van der Waals surface area contributed by atoms with Gasteiger partial charge in [-0.05, 0) is 44.6 Å². The number of hydrogen-bond acceptors (Lipinski definition) is 2. The van der Waals surface area contributed by atoms with E-state index in [0.717, 1.165) is 12.1 Å². The number of carbonyl (C=O) groups is 2. The first-order valence-corrected chi connectivity index (χ1v) is 10.4. The number of benzene rings is 1. The molecular weight excluding hydrogens is 445 g/mol. The molecule has 11 heteroatoms. The second-order valence-corrected chi connectivity index (χ2v) is 8.38. The Labute approximate surface area is 181 Å². The average Bonchev–Trinajstić information content (AvgIpc) is 2.72. The molecule has 1 aliphatic heterocycles. The van der Waals surface area contributed by atoms with Crippen LogP contribution in [0.5, 0.6) is 0 Å². The van der Waals surface area contributed by atoms with E-state index < -0.39 is 52.8 Å². The van der Waals surface area contributed by atoms with E-state index in [4.69, 9.17) is 11.6 Å². The van der Waals surface area contributed by atoms with Gasteiger partial charge in [-0.3, -0.25) is 4.79 Å². The molecule has 0 unspecified atom stereocenters. The maximum absolute atomic E-state index is 14.8. The van der Waals surface area contributed by atoms with Gasteiger partial charge in [0.2, 0.25) is 5.91 Å². The molecule has 0 aromatic heterocycles. The summed E-state index contributed by atoms with van der Waals surface area (Å²) in [5, 5.41) is 4.55. The molecule has 2 atom stereocenters. The predicted molar refractivity (Wildman–Crippen MR) is 103 cm³/mol. The fourth-order valence-corrected chi connectivity index (χ4v) is 4.46. The Morgan fingerprint density at radius 3 is 2.48 bits per heavy atom. The average molecular weight is 468 g/mol. The van der Waals surface area contributed by atoms with Gasteiger partial charge in [-0.25, -0.2) is 13.6 Å². The molecule has 0 spiro atoms. The third-order valence-electron chi connectivity index (χ3n) is 6.14. The molecule has 5 nitrogen and oxygen atoms in total. The largest absolute Gasteiger partial charge is 0.391 e. The third-order valence-corrected chi connectivity index (χ3v) is 6.49. The maximum atomic E-state index is 14.8.